The predicted molar refractivity (Wildman–Crippen MR) is 90.0 cm³/mol. The minimum atomic E-state index is 0.00508. The van der Waals surface area contributed by atoms with Gasteiger partial charge < -0.3 is 15.6 Å². The molecule has 2 aliphatic heterocycles. The average Bonchev–Trinajstić information content (AvgIpc) is 3.25. The number of aromatic amines is 1. The molecular weight excluding hydrogens is 332 g/mol. The molecule has 7 heteroatoms. The highest BCUT2D eigenvalue weighted by molar-refractivity contribution is 7.99. The molecular formula is C16H17ClN4OS. The molecule has 2 aromatic rings. The van der Waals surface area contributed by atoms with Crippen molar-refractivity contribution in [2.24, 2.45) is 0 Å². The SMILES string of the molecule is O=C(N[C@@H]1C[C@H]2CC[C@@H]1N2)c1ccc(Sc2cnc(Cl)[nH]2)cc1. The third-order valence-electron chi connectivity index (χ3n) is 4.48. The van der Waals surface area contributed by atoms with Crippen molar-refractivity contribution in [3.8, 4) is 0 Å². The van der Waals surface area contributed by atoms with Crippen LogP contribution < -0.4 is 10.6 Å². The summed E-state index contributed by atoms with van der Waals surface area (Å²) >= 11 is 7.29. The largest absolute Gasteiger partial charge is 0.348 e. The Bertz CT molecular complexity index is 717. The molecule has 1 aromatic carbocycles. The van der Waals surface area contributed by atoms with Crippen LogP contribution in [0.5, 0.6) is 0 Å². The van der Waals surface area contributed by atoms with Crippen LogP contribution in [0.1, 0.15) is 29.6 Å². The summed E-state index contributed by atoms with van der Waals surface area (Å²) in [6.45, 7) is 0. The van der Waals surface area contributed by atoms with Gasteiger partial charge in [0.1, 0.15) is 0 Å². The van der Waals surface area contributed by atoms with Crippen molar-refractivity contribution in [1.82, 2.24) is 20.6 Å². The maximum absolute atomic E-state index is 12.4. The van der Waals surface area contributed by atoms with Gasteiger partial charge in [0.2, 0.25) is 5.28 Å². The number of carbonyl (C=O) groups is 1. The van der Waals surface area contributed by atoms with Crippen molar-refractivity contribution >= 4 is 29.3 Å². The summed E-state index contributed by atoms with van der Waals surface area (Å²) in [6.07, 6.45) is 5.14. The van der Waals surface area contributed by atoms with Gasteiger partial charge in [-0.05, 0) is 55.1 Å². The third kappa shape index (κ3) is 3.24. The van der Waals surface area contributed by atoms with Gasteiger partial charge >= 0.3 is 0 Å². The standard InChI is InChI=1S/C16H17ClN4OS/c17-16-18-8-14(21-16)23-11-4-1-9(2-5-11)15(22)20-13-7-10-3-6-12(13)19-10/h1-2,4-5,8,10,12-13,19H,3,6-7H2,(H,18,21)(H,20,22)/t10-,12+,13-/m1/s1. The van der Waals surface area contributed by atoms with Gasteiger partial charge in [0.25, 0.3) is 5.91 Å². The molecule has 0 spiro atoms. The van der Waals surface area contributed by atoms with E-state index in [1.807, 2.05) is 24.3 Å². The lowest BCUT2D eigenvalue weighted by Gasteiger charge is -2.21. The maximum atomic E-state index is 12.4. The predicted octanol–water partition coefficient (Wildman–Crippen LogP) is 2.84. The van der Waals surface area contributed by atoms with Crippen LogP contribution in [-0.4, -0.2) is 34.0 Å². The molecule has 2 fully saturated rings. The van der Waals surface area contributed by atoms with Gasteiger partial charge in [-0.2, -0.15) is 0 Å². The van der Waals surface area contributed by atoms with Crippen molar-refractivity contribution in [2.75, 3.05) is 0 Å². The maximum Gasteiger partial charge on any atom is 0.251 e. The Morgan fingerprint density at radius 2 is 2.13 bits per heavy atom. The number of nitrogens with zero attached hydrogens (tertiary/aromatic N) is 1. The Kier molecular flexibility index (Phi) is 4.05. The van der Waals surface area contributed by atoms with Gasteiger partial charge in [-0.3, -0.25) is 4.79 Å². The summed E-state index contributed by atoms with van der Waals surface area (Å²) < 4.78 is 0. The number of H-pyrrole nitrogens is 1. The molecule has 3 atom stereocenters. The van der Waals surface area contributed by atoms with Gasteiger partial charge in [-0.25, -0.2) is 4.98 Å². The summed E-state index contributed by atoms with van der Waals surface area (Å²) in [5, 5.41) is 7.95. The molecule has 0 unspecified atom stereocenters. The van der Waals surface area contributed by atoms with Crippen molar-refractivity contribution < 1.29 is 4.79 Å². The van der Waals surface area contributed by atoms with E-state index in [1.165, 1.54) is 18.2 Å². The quantitative estimate of drug-likeness (QED) is 0.794. The summed E-state index contributed by atoms with van der Waals surface area (Å²) in [7, 11) is 0. The zero-order valence-corrected chi connectivity index (χ0v) is 14.0. The number of rotatable bonds is 4. The smallest absolute Gasteiger partial charge is 0.251 e. The van der Waals surface area contributed by atoms with Crippen LogP contribution in [0.15, 0.2) is 40.4 Å². The van der Waals surface area contributed by atoms with E-state index in [9.17, 15) is 4.79 Å². The van der Waals surface area contributed by atoms with E-state index >= 15 is 0 Å². The molecule has 23 heavy (non-hydrogen) atoms. The van der Waals surface area contributed by atoms with E-state index < -0.39 is 0 Å². The Morgan fingerprint density at radius 1 is 1.30 bits per heavy atom. The van der Waals surface area contributed by atoms with Crippen LogP contribution in [0.25, 0.3) is 0 Å². The number of benzene rings is 1. The van der Waals surface area contributed by atoms with Crippen molar-refractivity contribution in [3.63, 3.8) is 0 Å². The lowest BCUT2D eigenvalue weighted by atomic mass is 9.95. The Labute approximate surface area is 143 Å². The first-order chi connectivity index (χ1) is 11.2. The topological polar surface area (TPSA) is 69.8 Å². The number of imidazole rings is 1. The first-order valence-electron chi connectivity index (χ1n) is 7.73. The fourth-order valence-electron chi connectivity index (χ4n) is 3.37. The van der Waals surface area contributed by atoms with Crippen LogP contribution in [0.4, 0.5) is 0 Å². The summed E-state index contributed by atoms with van der Waals surface area (Å²) in [6, 6.07) is 8.89. The molecule has 0 radical (unpaired) electrons. The summed E-state index contributed by atoms with van der Waals surface area (Å²) in [4.78, 5) is 20.3. The molecule has 0 saturated carbocycles. The van der Waals surface area contributed by atoms with Crippen molar-refractivity contribution in [2.45, 2.75) is 47.3 Å². The molecule has 4 rings (SSSR count). The monoisotopic (exact) mass is 348 g/mol. The number of fused-ring (bicyclic) bond motifs is 2. The zero-order chi connectivity index (χ0) is 15.8. The van der Waals surface area contributed by atoms with Gasteiger partial charge in [0, 0.05) is 28.6 Å². The van der Waals surface area contributed by atoms with Crippen LogP contribution in [0.2, 0.25) is 5.28 Å². The first kappa shape index (κ1) is 15.1. The third-order valence-corrected chi connectivity index (χ3v) is 5.61. The molecule has 0 aliphatic carbocycles. The van der Waals surface area contributed by atoms with Gasteiger partial charge in [0.05, 0.1) is 11.2 Å². The molecule has 3 heterocycles. The van der Waals surface area contributed by atoms with Crippen LogP contribution in [-0.2, 0) is 0 Å². The Morgan fingerprint density at radius 3 is 2.74 bits per heavy atom. The van der Waals surface area contributed by atoms with E-state index in [1.54, 1.807) is 6.20 Å². The minimum Gasteiger partial charge on any atom is -0.348 e. The molecule has 120 valence electrons. The second-order valence-corrected chi connectivity index (χ2v) is 7.50. The highest BCUT2D eigenvalue weighted by Crippen LogP contribution is 2.29. The number of nitrogens with one attached hydrogen (secondary N) is 3. The molecule has 1 aromatic heterocycles. The summed E-state index contributed by atoms with van der Waals surface area (Å²) in [5.41, 5.74) is 0.694. The van der Waals surface area contributed by atoms with Crippen LogP contribution >= 0.6 is 23.4 Å². The van der Waals surface area contributed by atoms with E-state index in [2.05, 4.69) is 20.6 Å². The molecule has 2 saturated heterocycles. The zero-order valence-electron chi connectivity index (χ0n) is 12.4. The van der Waals surface area contributed by atoms with Crippen molar-refractivity contribution in [1.29, 1.82) is 0 Å². The Balaban J connectivity index is 1.38. The van der Waals surface area contributed by atoms with Gasteiger partial charge in [0.15, 0.2) is 0 Å². The molecule has 3 N–H and O–H groups in total. The van der Waals surface area contributed by atoms with E-state index in [0.29, 0.717) is 22.9 Å². The van der Waals surface area contributed by atoms with Crippen LogP contribution in [0.3, 0.4) is 0 Å². The lowest BCUT2D eigenvalue weighted by Crippen LogP contribution is -2.42. The van der Waals surface area contributed by atoms with Gasteiger partial charge in [-0.1, -0.05) is 11.8 Å². The Hall–Kier alpha value is -1.50. The van der Waals surface area contributed by atoms with Crippen LogP contribution in [0, 0.1) is 0 Å². The second-order valence-electron chi connectivity index (χ2n) is 6.03. The number of halogens is 1. The number of aromatic nitrogens is 2. The minimum absolute atomic E-state index is 0.00508. The number of hydrogen-bond donors (Lipinski definition) is 3. The average molecular weight is 349 g/mol. The fraction of sp³-hybridized carbons (Fsp3) is 0.375. The van der Waals surface area contributed by atoms with Gasteiger partial charge in [-0.15, -0.1) is 0 Å². The first-order valence-corrected chi connectivity index (χ1v) is 8.92. The second kappa shape index (κ2) is 6.19. The molecule has 1 amide bonds. The number of amides is 1. The van der Waals surface area contributed by atoms with E-state index in [0.717, 1.165) is 22.8 Å². The number of carbonyl (C=O) groups excluding carboxylic acids is 1. The highest BCUT2D eigenvalue weighted by Gasteiger charge is 2.39. The normalized spacial score (nSPS) is 25.7. The highest BCUT2D eigenvalue weighted by atomic mass is 35.5. The van der Waals surface area contributed by atoms with Crippen molar-refractivity contribution in [3.05, 3.63) is 41.3 Å². The number of hydrogen-bond acceptors (Lipinski definition) is 4. The molecule has 5 nitrogen and oxygen atoms in total. The summed E-state index contributed by atoms with van der Waals surface area (Å²) in [5.74, 6) is 0.00508. The molecule has 2 aliphatic rings. The molecule has 2 bridgehead atoms. The van der Waals surface area contributed by atoms with E-state index in [-0.39, 0.29) is 11.9 Å². The van der Waals surface area contributed by atoms with E-state index in [4.69, 9.17) is 11.6 Å². The lowest BCUT2D eigenvalue weighted by molar-refractivity contribution is 0.0931. The fourth-order valence-corrected chi connectivity index (χ4v) is 4.36.